The molecule has 1 unspecified atom stereocenters. The lowest BCUT2D eigenvalue weighted by molar-refractivity contribution is -0.140. The Hall–Kier alpha value is -0.940. The summed E-state index contributed by atoms with van der Waals surface area (Å²) in [6, 6.07) is 4.03. The van der Waals surface area contributed by atoms with E-state index in [2.05, 4.69) is 21.2 Å². The summed E-state index contributed by atoms with van der Waals surface area (Å²) in [7, 11) is 0. The van der Waals surface area contributed by atoms with Gasteiger partial charge in [0, 0.05) is 6.54 Å². The molecule has 0 saturated heterocycles. The third-order valence-electron chi connectivity index (χ3n) is 2.44. The summed E-state index contributed by atoms with van der Waals surface area (Å²) < 4.78 is 13.4. The number of carboxylic acid groups (broad SMARTS) is 1. The highest BCUT2D eigenvalue weighted by atomic mass is 79.9. The molecular formula is C12H15BrFNO2. The molecule has 0 amide bonds. The Morgan fingerprint density at radius 2 is 2.18 bits per heavy atom. The highest BCUT2D eigenvalue weighted by molar-refractivity contribution is 9.10. The molecule has 0 radical (unpaired) electrons. The van der Waals surface area contributed by atoms with Gasteiger partial charge in [0.2, 0.25) is 0 Å². The fourth-order valence-corrected chi connectivity index (χ4v) is 1.91. The zero-order chi connectivity index (χ0) is 13.0. The Labute approximate surface area is 108 Å². The highest BCUT2D eigenvalue weighted by Gasteiger charge is 2.20. The second-order valence-corrected chi connectivity index (χ2v) is 5.04. The van der Waals surface area contributed by atoms with Gasteiger partial charge in [-0.25, -0.2) is 4.39 Å². The van der Waals surface area contributed by atoms with E-state index >= 15 is 0 Å². The lowest BCUT2D eigenvalue weighted by Crippen LogP contribution is -2.40. The zero-order valence-electron chi connectivity index (χ0n) is 9.71. The van der Waals surface area contributed by atoms with Crippen molar-refractivity contribution >= 4 is 21.9 Å². The van der Waals surface area contributed by atoms with Crippen molar-refractivity contribution in [3.05, 3.63) is 34.1 Å². The van der Waals surface area contributed by atoms with Crippen LogP contribution in [0.3, 0.4) is 0 Å². The van der Waals surface area contributed by atoms with Crippen LogP contribution in [0.15, 0.2) is 22.7 Å². The van der Waals surface area contributed by atoms with Gasteiger partial charge in [-0.15, -0.1) is 0 Å². The smallest absolute Gasteiger partial charge is 0.320 e. The van der Waals surface area contributed by atoms with E-state index in [9.17, 15) is 9.18 Å². The van der Waals surface area contributed by atoms with Crippen molar-refractivity contribution in [3.8, 4) is 0 Å². The number of rotatable bonds is 5. The van der Waals surface area contributed by atoms with Crippen LogP contribution in [0.25, 0.3) is 0 Å². The Kier molecular flexibility index (Phi) is 5.08. The topological polar surface area (TPSA) is 49.3 Å². The van der Waals surface area contributed by atoms with Crippen LogP contribution >= 0.6 is 15.9 Å². The van der Waals surface area contributed by atoms with Crippen LogP contribution in [-0.4, -0.2) is 17.1 Å². The lowest BCUT2D eigenvalue weighted by atomic mass is 10.0. The van der Waals surface area contributed by atoms with Gasteiger partial charge < -0.3 is 10.4 Å². The number of aliphatic carboxylic acids is 1. The van der Waals surface area contributed by atoms with Crippen molar-refractivity contribution in [2.75, 3.05) is 0 Å². The highest BCUT2D eigenvalue weighted by Crippen LogP contribution is 2.17. The van der Waals surface area contributed by atoms with Crippen molar-refractivity contribution in [3.63, 3.8) is 0 Å². The molecule has 17 heavy (non-hydrogen) atoms. The van der Waals surface area contributed by atoms with E-state index in [4.69, 9.17) is 5.11 Å². The third-order valence-corrected chi connectivity index (χ3v) is 3.05. The molecule has 0 aromatic heterocycles. The number of hydrogen-bond acceptors (Lipinski definition) is 2. The molecule has 2 N–H and O–H groups in total. The maximum absolute atomic E-state index is 13.0. The summed E-state index contributed by atoms with van der Waals surface area (Å²) >= 11 is 3.09. The molecule has 1 atom stereocenters. The predicted octanol–water partition coefficient (Wildman–Crippen LogP) is 2.79. The second-order valence-electron chi connectivity index (χ2n) is 4.19. The summed E-state index contributed by atoms with van der Waals surface area (Å²) in [5.74, 6) is -1.20. The Morgan fingerprint density at radius 1 is 1.53 bits per heavy atom. The monoisotopic (exact) mass is 303 g/mol. The Morgan fingerprint density at radius 3 is 2.65 bits per heavy atom. The second kappa shape index (κ2) is 6.12. The first-order valence-corrected chi connectivity index (χ1v) is 6.11. The van der Waals surface area contributed by atoms with Crippen LogP contribution < -0.4 is 5.32 Å². The largest absolute Gasteiger partial charge is 0.480 e. The molecule has 0 bridgehead atoms. The molecule has 3 nitrogen and oxygen atoms in total. The van der Waals surface area contributed by atoms with Gasteiger partial charge >= 0.3 is 5.97 Å². The van der Waals surface area contributed by atoms with Crippen LogP contribution in [0, 0.1) is 11.7 Å². The minimum Gasteiger partial charge on any atom is -0.480 e. The molecule has 0 heterocycles. The fourth-order valence-electron chi connectivity index (χ4n) is 1.49. The van der Waals surface area contributed by atoms with E-state index < -0.39 is 12.0 Å². The van der Waals surface area contributed by atoms with E-state index in [-0.39, 0.29) is 11.7 Å². The van der Waals surface area contributed by atoms with Gasteiger partial charge in [-0.1, -0.05) is 19.9 Å². The quantitative estimate of drug-likeness (QED) is 0.879. The van der Waals surface area contributed by atoms with Crippen molar-refractivity contribution in [2.45, 2.75) is 26.4 Å². The molecule has 0 saturated carbocycles. The van der Waals surface area contributed by atoms with Gasteiger partial charge in [0.1, 0.15) is 11.9 Å². The first-order valence-electron chi connectivity index (χ1n) is 5.32. The van der Waals surface area contributed by atoms with E-state index in [1.54, 1.807) is 12.1 Å². The molecule has 1 aromatic rings. The van der Waals surface area contributed by atoms with Crippen molar-refractivity contribution in [2.24, 2.45) is 5.92 Å². The summed E-state index contributed by atoms with van der Waals surface area (Å²) in [6.07, 6.45) is 0. The van der Waals surface area contributed by atoms with E-state index in [1.165, 1.54) is 6.07 Å². The first kappa shape index (κ1) is 14.1. The predicted molar refractivity (Wildman–Crippen MR) is 67.2 cm³/mol. The van der Waals surface area contributed by atoms with E-state index in [0.29, 0.717) is 11.0 Å². The molecule has 0 fully saturated rings. The molecule has 1 rings (SSSR count). The summed E-state index contributed by atoms with van der Waals surface area (Å²) in [6.45, 7) is 4.08. The van der Waals surface area contributed by atoms with Gasteiger partial charge in [0.25, 0.3) is 0 Å². The average Bonchev–Trinajstić information content (AvgIpc) is 2.22. The van der Waals surface area contributed by atoms with E-state index in [0.717, 1.165) is 5.56 Å². The minimum atomic E-state index is -0.874. The van der Waals surface area contributed by atoms with Gasteiger partial charge in [-0.05, 0) is 39.5 Å². The van der Waals surface area contributed by atoms with Gasteiger partial charge in [-0.2, -0.15) is 0 Å². The molecule has 0 aliphatic rings. The fraction of sp³-hybridized carbons (Fsp3) is 0.417. The van der Waals surface area contributed by atoms with Crippen LogP contribution in [0.5, 0.6) is 0 Å². The van der Waals surface area contributed by atoms with Crippen LogP contribution in [0.4, 0.5) is 4.39 Å². The summed E-state index contributed by atoms with van der Waals surface area (Å²) in [5, 5.41) is 11.9. The molecule has 0 aliphatic carbocycles. The number of benzene rings is 1. The van der Waals surface area contributed by atoms with Crippen LogP contribution in [-0.2, 0) is 11.3 Å². The minimum absolute atomic E-state index is 0.00334. The third kappa shape index (κ3) is 4.09. The van der Waals surface area contributed by atoms with Crippen LogP contribution in [0.1, 0.15) is 19.4 Å². The Bertz CT molecular complexity index is 409. The number of carboxylic acids is 1. The van der Waals surface area contributed by atoms with E-state index in [1.807, 2.05) is 13.8 Å². The number of hydrogen-bond donors (Lipinski definition) is 2. The SMILES string of the molecule is CC(C)C(NCc1ccc(F)c(Br)c1)C(=O)O. The number of carbonyl (C=O) groups is 1. The van der Waals surface area contributed by atoms with Gasteiger partial charge in [0.15, 0.2) is 0 Å². The molecule has 5 heteroatoms. The van der Waals surface area contributed by atoms with Crippen molar-refractivity contribution in [1.29, 1.82) is 0 Å². The summed E-state index contributed by atoms with van der Waals surface area (Å²) in [5.41, 5.74) is 0.838. The lowest BCUT2D eigenvalue weighted by Gasteiger charge is -2.18. The molecule has 0 spiro atoms. The molecule has 94 valence electrons. The number of halogens is 2. The van der Waals surface area contributed by atoms with Gasteiger partial charge in [0.05, 0.1) is 4.47 Å². The number of nitrogens with one attached hydrogen (secondary N) is 1. The Balaban J connectivity index is 2.65. The molecule has 1 aromatic carbocycles. The first-order chi connectivity index (χ1) is 7.91. The van der Waals surface area contributed by atoms with Crippen molar-refractivity contribution < 1.29 is 14.3 Å². The average molecular weight is 304 g/mol. The maximum Gasteiger partial charge on any atom is 0.320 e. The maximum atomic E-state index is 13.0. The standard InChI is InChI=1S/C12H15BrFNO2/c1-7(2)11(12(16)17)15-6-8-3-4-10(14)9(13)5-8/h3-5,7,11,15H,6H2,1-2H3,(H,16,17). The normalized spacial score (nSPS) is 12.8. The van der Waals surface area contributed by atoms with Gasteiger partial charge in [-0.3, -0.25) is 4.79 Å². The zero-order valence-corrected chi connectivity index (χ0v) is 11.3. The summed E-state index contributed by atoms with van der Waals surface area (Å²) in [4.78, 5) is 11.0. The van der Waals surface area contributed by atoms with Crippen LogP contribution in [0.2, 0.25) is 0 Å². The molecular weight excluding hydrogens is 289 g/mol. The molecule has 0 aliphatic heterocycles. The van der Waals surface area contributed by atoms with Crippen molar-refractivity contribution in [1.82, 2.24) is 5.32 Å².